The third kappa shape index (κ3) is 2.94. The van der Waals surface area contributed by atoms with Crippen molar-refractivity contribution in [3.8, 4) is 0 Å². The molecule has 0 aromatic carbocycles. The van der Waals surface area contributed by atoms with Gasteiger partial charge in [-0.1, -0.05) is 6.07 Å². The summed E-state index contributed by atoms with van der Waals surface area (Å²) in [5, 5.41) is 0. The minimum atomic E-state index is 0.106. The van der Waals surface area contributed by atoms with Crippen LogP contribution in [0.1, 0.15) is 29.4 Å². The molecule has 2 aromatic heterocycles. The molecule has 0 saturated heterocycles. The van der Waals surface area contributed by atoms with Gasteiger partial charge in [0.15, 0.2) is 0 Å². The lowest BCUT2D eigenvalue weighted by atomic mass is 10.0. The van der Waals surface area contributed by atoms with E-state index in [2.05, 4.69) is 21.5 Å². The maximum absolute atomic E-state index is 5.63. The normalized spacial score (nSPS) is 12.6. The van der Waals surface area contributed by atoms with Crippen LogP contribution in [0.5, 0.6) is 0 Å². The molecule has 0 saturated carbocycles. The van der Waals surface area contributed by atoms with E-state index in [1.807, 2.05) is 43.3 Å². The highest BCUT2D eigenvalue weighted by molar-refractivity contribution is 5.20. The largest absolute Gasteiger partial charge is 0.338 e. The number of pyridine rings is 1. The van der Waals surface area contributed by atoms with Gasteiger partial charge in [-0.25, -0.2) is 4.98 Å². The predicted octanol–water partition coefficient (Wildman–Crippen LogP) is 1.26. The second-order valence-electron chi connectivity index (χ2n) is 4.51. The third-order valence-electron chi connectivity index (χ3n) is 3.08. The quantitative estimate of drug-likeness (QED) is 0.614. The summed E-state index contributed by atoms with van der Waals surface area (Å²) in [7, 11) is 2.00. The monoisotopic (exact) mass is 245 g/mol. The second-order valence-corrected chi connectivity index (χ2v) is 4.51. The van der Waals surface area contributed by atoms with Gasteiger partial charge in [0, 0.05) is 44.3 Å². The lowest BCUT2D eigenvalue weighted by Crippen LogP contribution is -2.28. The molecule has 2 heterocycles. The number of hydrogen-bond donors (Lipinski definition) is 2. The number of hydrazine groups is 1. The highest BCUT2D eigenvalue weighted by Crippen LogP contribution is 2.17. The summed E-state index contributed by atoms with van der Waals surface area (Å²) >= 11 is 0. The summed E-state index contributed by atoms with van der Waals surface area (Å²) in [4.78, 5) is 8.51. The van der Waals surface area contributed by atoms with Crippen LogP contribution in [0.3, 0.4) is 0 Å². The minimum absolute atomic E-state index is 0.106. The molecule has 0 aliphatic carbocycles. The van der Waals surface area contributed by atoms with Crippen molar-refractivity contribution in [1.82, 2.24) is 20.0 Å². The molecule has 0 aliphatic rings. The zero-order valence-electron chi connectivity index (χ0n) is 10.8. The number of aryl methyl sites for hydroxylation is 3. The van der Waals surface area contributed by atoms with E-state index in [-0.39, 0.29) is 6.04 Å². The van der Waals surface area contributed by atoms with Crippen LogP contribution in [0.2, 0.25) is 0 Å². The molecule has 2 aromatic rings. The molecule has 2 rings (SSSR count). The Morgan fingerprint density at radius 3 is 2.89 bits per heavy atom. The van der Waals surface area contributed by atoms with Gasteiger partial charge in [-0.15, -0.1) is 0 Å². The zero-order chi connectivity index (χ0) is 13.0. The van der Waals surface area contributed by atoms with Gasteiger partial charge in [-0.3, -0.25) is 16.3 Å². The first-order chi connectivity index (χ1) is 8.70. The Morgan fingerprint density at radius 2 is 2.28 bits per heavy atom. The first-order valence-electron chi connectivity index (χ1n) is 6.04. The van der Waals surface area contributed by atoms with E-state index < -0.39 is 0 Å². The molecule has 1 unspecified atom stereocenters. The number of nitrogens with one attached hydrogen (secondary N) is 1. The molecule has 1 atom stereocenters. The Morgan fingerprint density at radius 1 is 1.44 bits per heavy atom. The fraction of sp³-hybridized carbons (Fsp3) is 0.385. The molecule has 96 valence electrons. The van der Waals surface area contributed by atoms with Gasteiger partial charge in [-0.05, 0) is 24.5 Å². The summed E-state index contributed by atoms with van der Waals surface area (Å²) in [6.07, 6.45) is 9.24. The average Bonchev–Trinajstić information content (AvgIpc) is 2.76. The van der Waals surface area contributed by atoms with E-state index >= 15 is 0 Å². The van der Waals surface area contributed by atoms with Crippen LogP contribution in [-0.2, 0) is 13.5 Å². The van der Waals surface area contributed by atoms with Crippen molar-refractivity contribution >= 4 is 0 Å². The van der Waals surface area contributed by atoms with Gasteiger partial charge in [-0.2, -0.15) is 0 Å². The lowest BCUT2D eigenvalue weighted by Gasteiger charge is -2.16. The van der Waals surface area contributed by atoms with Crippen molar-refractivity contribution in [2.45, 2.75) is 25.8 Å². The Labute approximate surface area is 107 Å². The molecular weight excluding hydrogens is 226 g/mol. The van der Waals surface area contributed by atoms with E-state index in [0.29, 0.717) is 0 Å². The molecule has 18 heavy (non-hydrogen) atoms. The molecule has 0 amide bonds. The first kappa shape index (κ1) is 12.7. The summed E-state index contributed by atoms with van der Waals surface area (Å²) in [6, 6.07) is 2.21. The molecular formula is C13H19N5. The van der Waals surface area contributed by atoms with Crippen LogP contribution in [0.4, 0.5) is 0 Å². The molecule has 0 bridgehead atoms. The lowest BCUT2D eigenvalue weighted by molar-refractivity contribution is 0.505. The van der Waals surface area contributed by atoms with Crippen molar-refractivity contribution in [1.29, 1.82) is 0 Å². The van der Waals surface area contributed by atoms with E-state index in [4.69, 9.17) is 5.84 Å². The average molecular weight is 245 g/mol. The fourth-order valence-electron chi connectivity index (χ4n) is 2.03. The Kier molecular flexibility index (Phi) is 4.07. The second kappa shape index (κ2) is 5.75. The molecule has 0 aliphatic heterocycles. The van der Waals surface area contributed by atoms with Crippen molar-refractivity contribution in [2.24, 2.45) is 12.9 Å². The third-order valence-corrected chi connectivity index (χ3v) is 3.08. The van der Waals surface area contributed by atoms with E-state index in [1.54, 1.807) is 0 Å². The predicted molar refractivity (Wildman–Crippen MR) is 70.6 cm³/mol. The van der Waals surface area contributed by atoms with Gasteiger partial charge >= 0.3 is 0 Å². The van der Waals surface area contributed by atoms with Gasteiger partial charge in [0.25, 0.3) is 0 Å². The highest BCUT2D eigenvalue weighted by Gasteiger charge is 2.11. The molecule has 3 N–H and O–H groups in total. The number of aromatic nitrogens is 3. The highest BCUT2D eigenvalue weighted by atomic mass is 15.2. The summed E-state index contributed by atoms with van der Waals surface area (Å²) in [6.45, 7) is 2.03. The SMILES string of the molecule is Cc1cncc(C(CCc2nccn2C)NN)c1. The van der Waals surface area contributed by atoms with Crippen LogP contribution < -0.4 is 11.3 Å². The standard InChI is InChI=1S/C13H19N5/c1-10-7-11(9-15-8-10)12(17-14)3-4-13-16-5-6-18(13)2/h5-9,12,17H,3-4,14H2,1-2H3. The van der Waals surface area contributed by atoms with Gasteiger partial charge in [0.2, 0.25) is 0 Å². The minimum Gasteiger partial charge on any atom is -0.338 e. The van der Waals surface area contributed by atoms with E-state index in [1.165, 1.54) is 0 Å². The van der Waals surface area contributed by atoms with Crippen LogP contribution in [0, 0.1) is 6.92 Å². The van der Waals surface area contributed by atoms with Crippen molar-refractivity contribution in [2.75, 3.05) is 0 Å². The molecule has 0 radical (unpaired) electrons. The summed E-state index contributed by atoms with van der Waals surface area (Å²) in [5.41, 5.74) is 5.11. The van der Waals surface area contributed by atoms with Crippen molar-refractivity contribution in [3.63, 3.8) is 0 Å². The van der Waals surface area contributed by atoms with Crippen LogP contribution in [0.25, 0.3) is 0 Å². The van der Waals surface area contributed by atoms with E-state index in [9.17, 15) is 0 Å². The maximum atomic E-state index is 5.63. The van der Waals surface area contributed by atoms with Crippen LogP contribution in [-0.4, -0.2) is 14.5 Å². The molecule has 0 fully saturated rings. The number of nitrogens with zero attached hydrogens (tertiary/aromatic N) is 3. The Hall–Kier alpha value is -1.72. The Bertz CT molecular complexity index is 506. The van der Waals surface area contributed by atoms with E-state index in [0.717, 1.165) is 29.8 Å². The van der Waals surface area contributed by atoms with Crippen molar-refractivity contribution in [3.05, 3.63) is 47.8 Å². The topological polar surface area (TPSA) is 68.8 Å². The van der Waals surface area contributed by atoms with Crippen LogP contribution in [0.15, 0.2) is 30.9 Å². The van der Waals surface area contributed by atoms with Gasteiger partial charge < -0.3 is 4.57 Å². The molecule has 5 nitrogen and oxygen atoms in total. The number of imidazole rings is 1. The first-order valence-corrected chi connectivity index (χ1v) is 6.04. The number of nitrogens with two attached hydrogens (primary N) is 1. The number of hydrogen-bond acceptors (Lipinski definition) is 4. The fourth-order valence-corrected chi connectivity index (χ4v) is 2.03. The van der Waals surface area contributed by atoms with Crippen molar-refractivity contribution < 1.29 is 0 Å². The zero-order valence-corrected chi connectivity index (χ0v) is 10.8. The summed E-state index contributed by atoms with van der Waals surface area (Å²) in [5.74, 6) is 6.69. The number of rotatable bonds is 5. The molecule has 5 heteroatoms. The maximum Gasteiger partial charge on any atom is 0.108 e. The Balaban J connectivity index is 2.04. The summed E-state index contributed by atoms with van der Waals surface area (Å²) < 4.78 is 2.03. The van der Waals surface area contributed by atoms with Gasteiger partial charge in [0.05, 0.1) is 0 Å². The smallest absolute Gasteiger partial charge is 0.108 e. The van der Waals surface area contributed by atoms with Gasteiger partial charge in [0.1, 0.15) is 5.82 Å². The molecule has 0 spiro atoms. The van der Waals surface area contributed by atoms with Crippen LogP contribution >= 0.6 is 0 Å².